The maximum Gasteiger partial charge on any atom is 0.234 e. The second-order valence-electron chi connectivity index (χ2n) is 8.57. The highest BCUT2D eigenvalue weighted by molar-refractivity contribution is 5.78. The van der Waals surface area contributed by atoms with Crippen LogP contribution in [-0.4, -0.2) is 50.1 Å². The van der Waals surface area contributed by atoms with Crippen molar-refractivity contribution in [2.45, 2.75) is 38.5 Å². The van der Waals surface area contributed by atoms with Crippen molar-refractivity contribution in [3.8, 4) is 0 Å². The van der Waals surface area contributed by atoms with Gasteiger partial charge in [0.25, 0.3) is 0 Å². The standard InChI is InChI=1S/C22H33N3O/c26-22(17-24-12-11-19-6-4-5-7-20(19)16-24)23-14-18-10-13-25(15-18)21-8-2-1-3-9-21/h1-3,8-9,18-20H,4-7,10-17H2,(H,23,26). The second kappa shape index (κ2) is 8.43. The van der Waals surface area contributed by atoms with Crippen LogP contribution in [0.1, 0.15) is 38.5 Å². The molecule has 1 amide bonds. The number of rotatable bonds is 5. The highest BCUT2D eigenvalue weighted by Crippen LogP contribution is 2.35. The van der Waals surface area contributed by atoms with E-state index in [2.05, 4.69) is 45.4 Å². The van der Waals surface area contributed by atoms with Gasteiger partial charge in [0.1, 0.15) is 0 Å². The Morgan fingerprint density at radius 1 is 0.962 bits per heavy atom. The molecule has 1 saturated carbocycles. The summed E-state index contributed by atoms with van der Waals surface area (Å²) in [6.07, 6.45) is 8.07. The van der Waals surface area contributed by atoms with E-state index in [4.69, 9.17) is 0 Å². The number of anilines is 1. The number of hydrogen-bond acceptors (Lipinski definition) is 3. The molecule has 2 saturated heterocycles. The third kappa shape index (κ3) is 4.40. The zero-order chi connectivity index (χ0) is 17.8. The lowest BCUT2D eigenvalue weighted by molar-refractivity contribution is -0.123. The molecule has 4 rings (SSSR count). The molecule has 1 aromatic rings. The first kappa shape index (κ1) is 17.8. The van der Waals surface area contributed by atoms with Crippen molar-refractivity contribution in [2.24, 2.45) is 17.8 Å². The van der Waals surface area contributed by atoms with Gasteiger partial charge in [0.15, 0.2) is 0 Å². The lowest BCUT2D eigenvalue weighted by Crippen LogP contribution is -2.46. The van der Waals surface area contributed by atoms with Gasteiger partial charge < -0.3 is 10.2 Å². The Labute approximate surface area is 157 Å². The van der Waals surface area contributed by atoms with Crippen molar-refractivity contribution in [3.63, 3.8) is 0 Å². The Morgan fingerprint density at radius 2 is 1.77 bits per heavy atom. The number of carbonyl (C=O) groups is 1. The fourth-order valence-corrected chi connectivity index (χ4v) is 5.21. The number of para-hydroxylation sites is 1. The molecule has 3 atom stereocenters. The molecule has 142 valence electrons. The first-order valence-corrected chi connectivity index (χ1v) is 10.6. The van der Waals surface area contributed by atoms with E-state index >= 15 is 0 Å². The summed E-state index contributed by atoms with van der Waals surface area (Å²) in [5.41, 5.74) is 1.30. The van der Waals surface area contributed by atoms with Crippen LogP contribution >= 0.6 is 0 Å². The molecular weight excluding hydrogens is 322 g/mol. The van der Waals surface area contributed by atoms with Crippen molar-refractivity contribution >= 4 is 11.6 Å². The molecular formula is C22H33N3O. The van der Waals surface area contributed by atoms with E-state index in [0.29, 0.717) is 12.5 Å². The summed E-state index contributed by atoms with van der Waals surface area (Å²) < 4.78 is 0. The van der Waals surface area contributed by atoms with Gasteiger partial charge >= 0.3 is 0 Å². The van der Waals surface area contributed by atoms with Gasteiger partial charge in [0.2, 0.25) is 5.91 Å². The van der Waals surface area contributed by atoms with E-state index in [1.165, 1.54) is 44.2 Å². The van der Waals surface area contributed by atoms with Crippen molar-refractivity contribution in [3.05, 3.63) is 30.3 Å². The van der Waals surface area contributed by atoms with Gasteiger partial charge in [-0.1, -0.05) is 37.5 Å². The van der Waals surface area contributed by atoms with Gasteiger partial charge in [0.05, 0.1) is 6.54 Å². The second-order valence-corrected chi connectivity index (χ2v) is 8.57. The Balaban J connectivity index is 1.18. The molecule has 3 unspecified atom stereocenters. The number of fused-ring (bicyclic) bond motifs is 1. The molecule has 0 bridgehead atoms. The Morgan fingerprint density at radius 3 is 2.62 bits per heavy atom. The molecule has 1 aliphatic carbocycles. The van der Waals surface area contributed by atoms with Crippen LogP contribution in [0.2, 0.25) is 0 Å². The molecule has 3 aliphatic rings. The van der Waals surface area contributed by atoms with E-state index in [1.807, 2.05) is 0 Å². The zero-order valence-electron chi connectivity index (χ0n) is 15.9. The topological polar surface area (TPSA) is 35.6 Å². The Bertz CT molecular complexity index is 590. The summed E-state index contributed by atoms with van der Waals surface area (Å²) in [5, 5.41) is 3.21. The summed E-state index contributed by atoms with van der Waals surface area (Å²) in [4.78, 5) is 17.2. The highest BCUT2D eigenvalue weighted by atomic mass is 16.2. The van der Waals surface area contributed by atoms with Crippen molar-refractivity contribution in [2.75, 3.05) is 44.2 Å². The SMILES string of the molecule is O=C(CN1CCC2CCCCC2C1)NCC1CCN(c2ccccc2)C1. The number of benzene rings is 1. The Hall–Kier alpha value is -1.55. The minimum Gasteiger partial charge on any atom is -0.371 e. The maximum atomic E-state index is 12.4. The van der Waals surface area contributed by atoms with Crippen LogP contribution in [0, 0.1) is 17.8 Å². The first-order valence-electron chi connectivity index (χ1n) is 10.6. The molecule has 3 fully saturated rings. The lowest BCUT2D eigenvalue weighted by Gasteiger charge is -2.41. The summed E-state index contributed by atoms with van der Waals surface area (Å²) in [6, 6.07) is 10.6. The van der Waals surface area contributed by atoms with Crippen molar-refractivity contribution in [1.29, 1.82) is 0 Å². The smallest absolute Gasteiger partial charge is 0.234 e. The predicted molar refractivity (Wildman–Crippen MR) is 106 cm³/mol. The minimum atomic E-state index is 0.220. The largest absolute Gasteiger partial charge is 0.371 e. The molecule has 26 heavy (non-hydrogen) atoms. The fourth-order valence-electron chi connectivity index (χ4n) is 5.21. The first-order chi connectivity index (χ1) is 12.8. The van der Waals surface area contributed by atoms with Crippen molar-refractivity contribution in [1.82, 2.24) is 10.2 Å². The summed E-state index contributed by atoms with van der Waals surface area (Å²) in [5.74, 6) is 2.57. The average molecular weight is 356 g/mol. The van der Waals surface area contributed by atoms with Gasteiger partial charge in [-0.05, 0) is 55.7 Å². The number of piperidine rings is 1. The zero-order valence-corrected chi connectivity index (χ0v) is 15.9. The predicted octanol–water partition coefficient (Wildman–Crippen LogP) is 3.14. The molecule has 2 heterocycles. The molecule has 2 aliphatic heterocycles. The number of carbonyl (C=O) groups excluding carboxylic acids is 1. The molecule has 1 N–H and O–H groups in total. The van der Waals surface area contributed by atoms with E-state index in [1.54, 1.807) is 0 Å². The molecule has 1 aromatic carbocycles. The van der Waals surface area contributed by atoms with E-state index in [9.17, 15) is 4.79 Å². The average Bonchev–Trinajstić information content (AvgIpc) is 3.16. The molecule has 0 spiro atoms. The maximum absolute atomic E-state index is 12.4. The quantitative estimate of drug-likeness (QED) is 0.881. The molecule has 0 radical (unpaired) electrons. The van der Waals surface area contributed by atoms with Gasteiger partial charge in [0, 0.05) is 31.9 Å². The van der Waals surface area contributed by atoms with Crippen molar-refractivity contribution < 1.29 is 4.79 Å². The number of amides is 1. The normalized spacial score (nSPS) is 29.4. The van der Waals surface area contributed by atoms with Crippen LogP contribution in [-0.2, 0) is 4.79 Å². The van der Waals surface area contributed by atoms with Gasteiger partial charge in [-0.25, -0.2) is 0 Å². The van der Waals surface area contributed by atoms with Crippen LogP contribution < -0.4 is 10.2 Å². The van der Waals surface area contributed by atoms with E-state index in [-0.39, 0.29) is 5.91 Å². The molecule has 0 aromatic heterocycles. The van der Waals surface area contributed by atoms with Crippen LogP contribution in [0.5, 0.6) is 0 Å². The summed E-state index contributed by atoms with van der Waals surface area (Å²) in [6.45, 7) is 5.82. The summed E-state index contributed by atoms with van der Waals surface area (Å²) in [7, 11) is 0. The lowest BCUT2D eigenvalue weighted by atomic mass is 9.75. The summed E-state index contributed by atoms with van der Waals surface area (Å²) >= 11 is 0. The monoisotopic (exact) mass is 355 g/mol. The number of likely N-dealkylation sites (tertiary alicyclic amines) is 1. The number of nitrogens with one attached hydrogen (secondary N) is 1. The molecule has 4 nitrogen and oxygen atoms in total. The number of hydrogen-bond donors (Lipinski definition) is 1. The van der Waals surface area contributed by atoms with Crippen LogP contribution in [0.3, 0.4) is 0 Å². The third-order valence-electron chi connectivity index (χ3n) is 6.74. The van der Waals surface area contributed by atoms with Gasteiger partial charge in [-0.15, -0.1) is 0 Å². The van der Waals surface area contributed by atoms with Crippen LogP contribution in [0.4, 0.5) is 5.69 Å². The van der Waals surface area contributed by atoms with Crippen LogP contribution in [0.15, 0.2) is 30.3 Å². The third-order valence-corrected chi connectivity index (χ3v) is 6.74. The van der Waals surface area contributed by atoms with Gasteiger partial charge in [-0.2, -0.15) is 0 Å². The number of nitrogens with zero attached hydrogens (tertiary/aromatic N) is 2. The van der Waals surface area contributed by atoms with E-state index in [0.717, 1.165) is 44.6 Å². The highest BCUT2D eigenvalue weighted by Gasteiger charge is 2.31. The fraction of sp³-hybridized carbons (Fsp3) is 0.682. The molecule has 4 heteroatoms. The Kier molecular flexibility index (Phi) is 5.78. The minimum absolute atomic E-state index is 0.220. The van der Waals surface area contributed by atoms with Crippen LogP contribution in [0.25, 0.3) is 0 Å². The van der Waals surface area contributed by atoms with E-state index < -0.39 is 0 Å². The van der Waals surface area contributed by atoms with Gasteiger partial charge in [-0.3, -0.25) is 9.69 Å².